The molecule has 0 saturated carbocycles. The molecule has 0 bridgehead atoms. The number of likely N-dealkylation sites (N-methyl/N-ethyl adjacent to an activating group) is 1. The largest absolute Gasteiger partial charge is 0.545 e. The minimum atomic E-state index is -1.64. The third-order valence-corrected chi connectivity index (χ3v) is 13.1. The monoisotopic (exact) mass is 1120 g/mol. The number of carboxylic acid groups (broad SMARTS) is 1. The standard InChI is InChI=1S/C72H117NO8/c1-6-8-10-12-14-16-18-20-22-24-26-28-30-31-32-33-34-35-36-37-38-39-41-43-45-47-49-51-53-55-57-59-61-63-70(75)81-68(67-80-72(71(76)77)78-65-64-73(3,4)5)66-79-69(74)62-60-58-56-54-52-50-48-46-44-42-40-29-27-25-23-21-19-17-15-13-11-9-7-2/h8,10,14,16,19-22,25-28,31-32,34-35,37-38,41,43,47,49,53,55,68,72H,6-7,9,11-13,15,17-18,23-24,29-30,33,36,39-40,42,44-46,48,50-52,54,56-67H2,1-5H3/b10-8-,16-14-,21-19-,22-20-,27-25-,28-26-,32-31-,35-34-,38-37-,43-41-,49-47-,55-53-. The Morgan fingerprint density at radius 2 is 0.704 bits per heavy atom. The van der Waals surface area contributed by atoms with Gasteiger partial charge in [-0.2, -0.15) is 0 Å². The third-order valence-electron chi connectivity index (χ3n) is 13.1. The van der Waals surface area contributed by atoms with Gasteiger partial charge in [0.2, 0.25) is 0 Å². The van der Waals surface area contributed by atoms with E-state index in [-0.39, 0.29) is 38.6 Å². The van der Waals surface area contributed by atoms with Gasteiger partial charge in [-0.15, -0.1) is 0 Å². The lowest BCUT2D eigenvalue weighted by Gasteiger charge is -2.26. The maximum atomic E-state index is 12.9. The molecule has 0 saturated heterocycles. The number of esters is 2. The van der Waals surface area contributed by atoms with Crippen LogP contribution < -0.4 is 5.11 Å². The van der Waals surface area contributed by atoms with Gasteiger partial charge in [0, 0.05) is 12.8 Å². The minimum absolute atomic E-state index is 0.131. The fraction of sp³-hybridized carbons (Fsp3) is 0.625. The Kier molecular flexibility index (Phi) is 57.6. The Balaban J connectivity index is 4.34. The summed E-state index contributed by atoms with van der Waals surface area (Å²) in [6.45, 7) is 4.56. The van der Waals surface area contributed by atoms with E-state index in [0.717, 1.165) is 109 Å². The van der Waals surface area contributed by atoms with Gasteiger partial charge in [-0.25, -0.2) is 0 Å². The van der Waals surface area contributed by atoms with Gasteiger partial charge in [-0.1, -0.05) is 243 Å². The Morgan fingerprint density at radius 1 is 0.383 bits per heavy atom. The van der Waals surface area contributed by atoms with Crippen LogP contribution in [0.3, 0.4) is 0 Å². The second-order valence-electron chi connectivity index (χ2n) is 22.0. The number of carbonyl (C=O) groups excluding carboxylic acids is 3. The highest BCUT2D eigenvalue weighted by Gasteiger charge is 2.22. The number of rotatable bonds is 57. The van der Waals surface area contributed by atoms with Crippen LogP contribution in [0.25, 0.3) is 0 Å². The van der Waals surface area contributed by atoms with Crippen molar-refractivity contribution in [1.29, 1.82) is 0 Å². The molecule has 2 unspecified atom stereocenters. The van der Waals surface area contributed by atoms with E-state index in [0.29, 0.717) is 17.4 Å². The smallest absolute Gasteiger partial charge is 0.306 e. The van der Waals surface area contributed by atoms with E-state index in [2.05, 4.69) is 160 Å². The van der Waals surface area contributed by atoms with Crippen molar-refractivity contribution in [3.8, 4) is 0 Å². The zero-order valence-electron chi connectivity index (χ0n) is 52.1. The number of hydrogen-bond donors (Lipinski definition) is 0. The van der Waals surface area contributed by atoms with Crippen LogP contribution in [0.4, 0.5) is 0 Å². The normalized spacial score (nSPS) is 13.7. The van der Waals surface area contributed by atoms with Crippen molar-refractivity contribution >= 4 is 17.9 Å². The summed E-state index contributed by atoms with van der Waals surface area (Å²) < 4.78 is 22.7. The zero-order chi connectivity index (χ0) is 59.1. The van der Waals surface area contributed by atoms with Crippen LogP contribution in [0.5, 0.6) is 0 Å². The Morgan fingerprint density at radius 3 is 1.07 bits per heavy atom. The predicted octanol–water partition coefficient (Wildman–Crippen LogP) is 18.2. The Hall–Kier alpha value is -4.83. The second-order valence-corrected chi connectivity index (χ2v) is 22.0. The molecule has 0 aliphatic carbocycles. The topological polar surface area (TPSA) is 111 Å². The van der Waals surface area contributed by atoms with Crippen LogP contribution in [-0.2, 0) is 33.3 Å². The van der Waals surface area contributed by atoms with Crippen LogP contribution in [0.1, 0.15) is 232 Å². The van der Waals surface area contributed by atoms with Crippen LogP contribution >= 0.6 is 0 Å². The predicted molar refractivity (Wildman–Crippen MR) is 342 cm³/mol. The van der Waals surface area contributed by atoms with Crippen LogP contribution in [0, 0.1) is 0 Å². The molecule has 0 rings (SSSR count). The molecule has 0 radical (unpaired) electrons. The lowest BCUT2D eigenvalue weighted by Crippen LogP contribution is -2.44. The van der Waals surface area contributed by atoms with Gasteiger partial charge in [0.25, 0.3) is 0 Å². The summed E-state index contributed by atoms with van der Waals surface area (Å²) in [5.41, 5.74) is 0. The molecular weight excluding hydrogens is 1010 g/mol. The van der Waals surface area contributed by atoms with E-state index >= 15 is 0 Å². The fourth-order valence-electron chi connectivity index (χ4n) is 8.18. The first-order valence-electron chi connectivity index (χ1n) is 32.0. The summed E-state index contributed by atoms with van der Waals surface area (Å²) in [6, 6.07) is 0. The number of allylic oxidation sites excluding steroid dienone is 24. The van der Waals surface area contributed by atoms with Gasteiger partial charge < -0.3 is 33.3 Å². The number of ether oxygens (including phenoxy) is 4. The highest BCUT2D eigenvalue weighted by Crippen LogP contribution is 2.14. The summed E-state index contributed by atoms with van der Waals surface area (Å²) in [5, 5.41) is 11.8. The van der Waals surface area contributed by atoms with Gasteiger partial charge in [0.1, 0.15) is 13.2 Å². The molecule has 0 spiro atoms. The van der Waals surface area contributed by atoms with E-state index in [1.807, 2.05) is 21.1 Å². The van der Waals surface area contributed by atoms with Crippen LogP contribution in [0.2, 0.25) is 0 Å². The van der Waals surface area contributed by atoms with Crippen molar-refractivity contribution in [1.82, 2.24) is 0 Å². The number of nitrogens with zero attached hydrogens (tertiary/aromatic N) is 1. The van der Waals surface area contributed by atoms with E-state index < -0.39 is 24.3 Å². The SMILES string of the molecule is CC/C=C\C/C=C\C/C=C\C/C=C\C/C=C\C/C=C\C/C=C\C/C=C\C/C=C\C/C=C\CCCCC(=O)OC(COC(=O)CCCCCCCCCCCCC/C=C\C/C=C\CCCCCCC)COC(OCC[N+](C)(C)C)C(=O)[O-]. The zero-order valence-corrected chi connectivity index (χ0v) is 52.1. The summed E-state index contributed by atoms with van der Waals surface area (Å²) in [5.74, 6) is -2.36. The van der Waals surface area contributed by atoms with Gasteiger partial charge in [0.15, 0.2) is 12.4 Å². The first-order chi connectivity index (χ1) is 39.6. The minimum Gasteiger partial charge on any atom is -0.545 e. The van der Waals surface area contributed by atoms with E-state index in [9.17, 15) is 19.5 Å². The number of aliphatic carboxylic acids is 1. The number of carbonyl (C=O) groups is 3. The van der Waals surface area contributed by atoms with Crippen LogP contribution in [0.15, 0.2) is 146 Å². The second kappa shape index (κ2) is 61.2. The van der Waals surface area contributed by atoms with Crippen molar-refractivity contribution in [3.05, 3.63) is 146 Å². The van der Waals surface area contributed by atoms with Crippen molar-refractivity contribution < 1.29 is 42.9 Å². The van der Waals surface area contributed by atoms with E-state index in [1.165, 1.54) is 89.9 Å². The van der Waals surface area contributed by atoms with Crippen molar-refractivity contribution in [2.45, 2.75) is 245 Å². The van der Waals surface area contributed by atoms with Crippen molar-refractivity contribution in [2.24, 2.45) is 0 Å². The van der Waals surface area contributed by atoms with Gasteiger partial charge in [-0.05, 0) is 122 Å². The first kappa shape index (κ1) is 76.2. The number of unbranched alkanes of at least 4 members (excludes halogenated alkanes) is 18. The number of carboxylic acids is 1. The molecule has 0 aromatic carbocycles. The van der Waals surface area contributed by atoms with Gasteiger partial charge in [0.05, 0.1) is 40.3 Å². The van der Waals surface area contributed by atoms with Crippen LogP contribution in [-0.4, -0.2) is 82.3 Å². The van der Waals surface area contributed by atoms with E-state index in [1.54, 1.807) is 0 Å². The first-order valence-corrected chi connectivity index (χ1v) is 32.0. The Labute approximate surface area is 496 Å². The molecule has 0 N–H and O–H groups in total. The lowest BCUT2D eigenvalue weighted by atomic mass is 10.0. The summed E-state index contributed by atoms with van der Waals surface area (Å²) in [4.78, 5) is 37.4. The molecule has 0 heterocycles. The highest BCUT2D eigenvalue weighted by molar-refractivity contribution is 5.70. The summed E-state index contributed by atoms with van der Waals surface area (Å²) >= 11 is 0. The van der Waals surface area contributed by atoms with Gasteiger partial charge >= 0.3 is 11.9 Å². The number of hydrogen-bond acceptors (Lipinski definition) is 8. The van der Waals surface area contributed by atoms with E-state index in [4.69, 9.17) is 18.9 Å². The average Bonchev–Trinajstić information content (AvgIpc) is 3.44. The lowest BCUT2D eigenvalue weighted by molar-refractivity contribution is -0.870. The molecule has 0 fully saturated rings. The van der Waals surface area contributed by atoms with Gasteiger partial charge in [-0.3, -0.25) is 9.59 Å². The molecule has 458 valence electrons. The van der Waals surface area contributed by atoms with Crippen molar-refractivity contribution in [3.63, 3.8) is 0 Å². The maximum Gasteiger partial charge on any atom is 0.306 e. The summed E-state index contributed by atoms with van der Waals surface area (Å²) in [7, 11) is 5.90. The third kappa shape index (κ3) is 62.6. The fourth-order valence-corrected chi connectivity index (χ4v) is 8.18. The molecule has 0 aliphatic heterocycles. The molecule has 9 nitrogen and oxygen atoms in total. The van der Waals surface area contributed by atoms with Crippen molar-refractivity contribution in [2.75, 3.05) is 47.5 Å². The molecule has 0 aromatic heterocycles. The number of quaternary nitrogens is 1. The molecule has 81 heavy (non-hydrogen) atoms. The molecule has 2 atom stereocenters. The summed E-state index contributed by atoms with van der Waals surface area (Å²) in [6.07, 6.45) is 86.2. The molecule has 0 aromatic rings. The quantitative estimate of drug-likeness (QED) is 0.0195. The molecular formula is C72H117NO8. The highest BCUT2D eigenvalue weighted by atomic mass is 16.7. The molecule has 0 amide bonds. The maximum absolute atomic E-state index is 12.9. The molecule has 0 aliphatic rings. The average molecular weight is 1120 g/mol. The molecule has 9 heteroatoms. The Bertz CT molecular complexity index is 1840.